The predicted octanol–water partition coefficient (Wildman–Crippen LogP) is 0.949. The van der Waals surface area contributed by atoms with Gasteiger partial charge in [0.15, 0.2) is 9.84 Å². The van der Waals surface area contributed by atoms with Gasteiger partial charge in [-0.05, 0) is 19.3 Å². The number of aliphatic hydroxyl groups is 1. The van der Waals surface area contributed by atoms with Crippen LogP contribution in [0.4, 0.5) is 0 Å². The van der Waals surface area contributed by atoms with E-state index >= 15 is 0 Å². The zero-order chi connectivity index (χ0) is 13.1. The lowest BCUT2D eigenvalue weighted by atomic mass is 10.0. The number of sulfone groups is 1. The van der Waals surface area contributed by atoms with Crippen LogP contribution in [0.3, 0.4) is 0 Å². The quantitative estimate of drug-likeness (QED) is 0.749. The van der Waals surface area contributed by atoms with Crippen molar-refractivity contribution in [2.75, 3.05) is 11.5 Å². The fourth-order valence-electron chi connectivity index (χ4n) is 2.27. The van der Waals surface area contributed by atoms with Crippen LogP contribution in [0, 0.1) is 5.92 Å². The summed E-state index contributed by atoms with van der Waals surface area (Å²) in [5, 5.41) is 12.9. The maximum atomic E-state index is 11.3. The largest absolute Gasteiger partial charge is 0.390 e. The van der Waals surface area contributed by atoms with Crippen molar-refractivity contribution in [3.8, 4) is 0 Å². The van der Waals surface area contributed by atoms with Gasteiger partial charge >= 0.3 is 0 Å². The Labute approximate surface area is 105 Å². The van der Waals surface area contributed by atoms with Crippen molar-refractivity contribution >= 4 is 9.84 Å². The summed E-state index contributed by atoms with van der Waals surface area (Å²) in [5.74, 6) is 0.686. The van der Waals surface area contributed by atoms with E-state index < -0.39 is 15.9 Å². The van der Waals surface area contributed by atoms with Crippen molar-refractivity contribution in [2.24, 2.45) is 5.92 Å². The molecule has 0 unspecified atom stereocenters. The van der Waals surface area contributed by atoms with Crippen LogP contribution < -0.4 is 5.32 Å². The number of nitrogens with one attached hydrogen (secondary N) is 1. The second kappa shape index (κ2) is 6.16. The van der Waals surface area contributed by atoms with E-state index in [4.69, 9.17) is 0 Å². The van der Waals surface area contributed by atoms with Gasteiger partial charge in [-0.15, -0.1) is 0 Å². The van der Waals surface area contributed by atoms with E-state index in [9.17, 15) is 13.5 Å². The summed E-state index contributed by atoms with van der Waals surface area (Å²) in [5.41, 5.74) is 0. The molecular weight excluding hydrogens is 238 g/mol. The van der Waals surface area contributed by atoms with Gasteiger partial charge in [0.05, 0.1) is 17.6 Å². The molecule has 1 fully saturated rings. The molecule has 102 valence electrons. The standard InChI is InChI=1S/C12H25NO3S/c1-9(2)5-4-6-10(3)13-11-7-17(15,16)8-12(11)14/h9-14H,4-8H2,1-3H3/t10-,11+,12-/m0/s1. The molecule has 1 heterocycles. The number of hydrogen-bond acceptors (Lipinski definition) is 4. The highest BCUT2D eigenvalue weighted by molar-refractivity contribution is 7.91. The molecule has 4 nitrogen and oxygen atoms in total. The van der Waals surface area contributed by atoms with Crippen molar-refractivity contribution < 1.29 is 13.5 Å². The van der Waals surface area contributed by atoms with Gasteiger partial charge < -0.3 is 10.4 Å². The predicted molar refractivity (Wildman–Crippen MR) is 69.7 cm³/mol. The lowest BCUT2D eigenvalue weighted by Gasteiger charge is -2.21. The molecule has 3 atom stereocenters. The first-order valence-corrected chi connectivity index (χ1v) is 8.27. The molecule has 0 aromatic heterocycles. The first-order chi connectivity index (χ1) is 7.80. The molecule has 2 N–H and O–H groups in total. The summed E-state index contributed by atoms with van der Waals surface area (Å²) >= 11 is 0. The van der Waals surface area contributed by atoms with Crippen LogP contribution in [0.5, 0.6) is 0 Å². The molecular formula is C12H25NO3S. The Morgan fingerprint density at radius 2 is 1.88 bits per heavy atom. The van der Waals surface area contributed by atoms with Crippen molar-refractivity contribution in [1.82, 2.24) is 5.32 Å². The minimum absolute atomic E-state index is 0.0721. The van der Waals surface area contributed by atoms with E-state index in [0.717, 1.165) is 12.8 Å². The van der Waals surface area contributed by atoms with E-state index in [2.05, 4.69) is 26.1 Å². The van der Waals surface area contributed by atoms with Gasteiger partial charge in [0.1, 0.15) is 0 Å². The minimum Gasteiger partial charge on any atom is -0.390 e. The van der Waals surface area contributed by atoms with Gasteiger partial charge in [0, 0.05) is 12.1 Å². The Morgan fingerprint density at radius 3 is 2.35 bits per heavy atom. The first-order valence-electron chi connectivity index (χ1n) is 6.44. The summed E-state index contributed by atoms with van der Waals surface area (Å²) < 4.78 is 22.7. The Morgan fingerprint density at radius 1 is 1.24 bits per heavy atom. The van der Waals surface area contributed by atoms with Gasteiger partial charge in [-0.2, -0.15) is 0 Å². The molecule has 0 spiro atoms. The monoisotopic (exact) mass is 263 g/mol. The average Bonchev–Trinajstić information content (AvgIpc) is 2.38. The molecule has 1 aliphatic rings. The number of rotatable bonds is 6. The van der Waals surface area contributed by atoms with E-state index in [1.165, 1.54) is 6.42 Å². The Kier molecular flexibility index (Phi) is 5.41. The Hall–Kier alpha value is -0.130. The third-order valence-electron chi connectivity index (χ3n) is 3.24. The van der Waals surface area contributed by atoms with E-state index in [-0.39, 0.29) is 23.6 Å². The van der Waals surface area contributed by atoms with E-state index in [0.29, 0.717) is 5.92 Å². The summed E-state index contributed by atoms with van der Waals surface area (Å²) in [4.78, 5) is 0. The maximum Gasteiger partial charge on any atom is 0.154 e. The highest BCUT2D eigenvalue weighted by Crippen LogP contribution is 2.15. The summed E-state index contributed by atoms with van der Waals surface area (Å²) in [6, 6.07) is -0.0178. The zero-order valence-corrected chi connectivity index (χ0v) is 11.8. The van der Waals surface area contributed by atoms with Gasteiger partial charge in [-0.1, -0.05) is 26.7 Å². The van der Waals surface area contributed by atoms with Crippen LogP contribution in [-0.2, 0) is 9.84 Å². The molecule has 1 saturated heterocycles. The van der Waals surface area contributed by atoms with Gasteiger partial charge in [0.25, 0.3) is 0 Å². The van der Waals surface area contributed by atoms with Gasteiger partial charge in [-0.25, -0.2) is 8.42 Å². The van der Waals surface area contributed by atoms with Gasteiger partial charge in [0.2, 0.25) is 0 Å². The molecule has 0 aliphatic carbocycles. The first kappa shape index (κ1) is 14.9. The topological polar surface area (TPSA) is 66.4 Å². The van der Waals surface area contributed by atoms with Crippen molar-refractivity contribution in [3.63, 3.8) is 0 Å². The second-order valence-electron chi connectivity index (χ2n) is 5.64. The lowest BCUT2D eigenvalue weighted by molar-refractivity contribution is 0.159. The molecule has 0 aromatic rings. The molecule has 0 radical (unpaired) electrons. The zero-order valence-electron chi connectivity index (χ0n) is 11.0. The fraction of sp³-hybridized carbons (Fsp3) is 1.00. The molecule has 0 amide bonds. The lowest BCUT2D eigenvalue weighted by Crippen LogP contribution is -2.43. The van der Waals surface area contributed by atoms with Crippen LogP contribution >= 0.6 is 0 Å². The van der Waals surface area contributed by atoms with Crippen molar-refractivity contribution in [3.05, 3.63) is 0 Å². The van der Waals surface area contributed by atoms with E-state index in [1.807, 2.05) is 0 Å². The summed E-state index contributed by atoms with van der Waals surface area (Å²) in [6.07, 6.45) is 2.62. The third kappa shape index (κ3) is 5.36. The van der Waals surface area contributed by atoms with Crippen LogP contribution in [0.2, 0.25) is 0 Å². The molecule has 0 bridgehead atoms. The molecule has 17 heavy (non-hydrogen) atoms. The normalized spacial score (nSPS) is 29.7. The molecule has 5 heteroatoms. The van der Waals surface area contributed by atoms with Crippen LogP contribution in [0.25, 0.3) is 0 Å². The average molecular weight is 263 g/mol. The highest BCUT2D eigenvalue weighted by Gasteiger charge is 2.36. The summed E-state index contributed by atoms with van der Waals surface area (Å²) in [6.45, 7) is 6.45. The van der Waals surface area contributed by atoms with Crippen molar-refractivity contribution in [2.45, 2.75) is 58.2 Å². The van der Waals surface area contributed by atoms with Gasteiger partial charge in [-0.3, -0.25) is 0 Å². The summed E-state index contributed by atoms with van der Waals surface area (Å²) in [7, 11) is -3.04. The number of hydrogen-bond donors (Lipinski definition) is 2. The van der Waals surface area contributed by atoms with Crippen molar-refractivity contribution in [1.29, 1.82) is 0 Å². The highest BCUT2D eigenvalue weighted by atomic mass is 32.2. The molecule has 0 saturated carbocycles. The molecule has 1 aliphatic heterocycles. The smallest absolute Gasteiger partial charge is 0.154 e. The Bertz CT molecular complexity index is 327. The molecule has 0 aromatic carbocycles. The van der Waals surface area contributed by atoms with Crippen LogP contribution in [0.1, 0.15) is 40.0 Å². The molecule has 1 rings (SSSR count). The Balaban J connectivity index is 2.29. The van der Waals surface area contributed by atoms with E-state index in [1.54, 1.807) is 0 Å². The van der Waals surface area contributed by atoms with Crippen LogP contribution in [0.15, 0.2) is 0 Å². The van der Waals surface area contributed by atoms with Crippen LogP contribution in [-0.4, -0.2) is 43.2 Å². The maximum absolute atomic E-state index is 11.3. The SMILES string of the molecule is CC(C)CCC[C@H](C)N[C@@H]1CS(=O)(=O)C[C@@H]1O. The second-order valence-corrected chi connectivity index (χ2v) is 7.80. The number of aliphatic hydroxyl groups excluding tert-OH is 1. The third-order valence-corrected chi connectivity index (χ3v) is 4.96. The fourth-order valence-corrected chi connectivity index (χ4v) is 4.02. The minimum atomic E-state index is -3.04.